The summed E-state index contributed by atoms with van der Waals surface area (Å²) >= 11 is 0. The van der Waals surface area contributed by atoms with Crippen molar-refractivity contribution in [3.8, 4) is 11.3 Å². The molecule has 6 rings (SSSR count). The Morgan fingerprint density at radius 2 is 1.57 bits per heavy atom. The molecule has 7 heteroatoms. The van der Waals surface area contributed by atoms with Gasteiger partial charge in [0.05, 0.1) is 23.6 Å². The van der Waals surface area contributed by atoms with Crippen molar-refractivity contribution in [3.05, 3.63) is 131 Å². The van der Waals surface area contributed by atoms with Gasteiger partial charge in [0, 0.05) is 40.3 Å². The van der Waals surface area contributed by atoms with E-state index >= 15 is 0 Å². The second-order valence-corrected chi connectivity index (χ2v) is 9.74. The maximum Gasteiger partial charge on any atom is 0.258 e. The lowest BCUT2D eigenvalue weighted by molar-refractivity contribution is 0.0983. The third-order valence-corrected chi connectivity index (χ3v) is 7.08. The molecule has 5 aromatic rings. The fourth-order valence-electron chi connectivity index (χ4n) is 5.00. The van der Waals surface area contributed by atoms with Gasteiger partial charge < -0.3 is 15.5 Å². The largest absolute Gasteiger partial charge is 0.338 e. The number of aromatic nitrogens is 2. The quantitative estimate of drug-likeness (QED) is 0.266. The lowest BCUT2D eigenvalue weighted by Gasteiger charge is -2.24. The van der Waals surface area contributed by atoms with E-state index < -0.39 is 0 Å². The zero-order chi connectivity index (χ0) is 27.6. The van der Waals surface area contributed by atoms with Gasteiger partial charge >= 0.3 is 0 Å². The number of hydrogen-bond donors (Lipinski definition) is 2. The van der Waals surface area contributed by atoms with Crippen molar-refractivity contribution in [3.63, 3.8) is 0 Å². The minimum absolute atomic E-state index is 0.120. The molecule has 0 radical (unpaired) electrons. The van der Waals surface area contributed by atoms with Crippen molar-refractivity contribution < 1.29 is 9.59 Å². The van der Waals surface area contributed by atoms with E-state index in [1.54, 1.807) is 23.4 Å². The average molecular weight is 526 g/mol. The summed E-state index contributed by atoms with van der Waals surface area (Å²) in [6, 6.07) is 28.3. The van der Waals surface area contributed by atoms with Crippen molar-refractivity contribution in [2.45, 2.75) is 20.4 Å². The first kappa shape index (κ1) is 25.0. The molecule has 2 N–H and O–H groups in total. The van der Waals surface area contributed by atoms with Crippen LogP contribution in [-0.2, 0) is 6.54 Å². The van der Waals surface area contributed by atoms with E-state index in [1.807, 2.05) is 98.8 Å². The van der Waals surface area contributed by atoms with Gasteiger partial charge in [-0.3, -0.25) is 14.6 Å². The zero-order valence-corrected chi connectivity index (χ0v) is 22.2. The number of hydrogen-bond acceptors (Lipinski definition) is 5. The molecule has 2 aromatic heterocycles. The number of anilines is 4. The van der Waals surface area contributed by atoms with Crippen LogP contribution in [0, 0.1) is 13.8 Å². The highest BCUT2D eigenvalue weighted by molar-refractivity contribution is 6.11. The van der Waals surface area contributed by atoms with E-state index in [-0.39, 0.29) is 11.8 Å². The molecule has 1 aliphatic heterocycles. The highest BCUT2D eigenvalue weighted by atomic mass is 16.2. The topological polar surface area (TPSA) is 87.2 Å². The molecule has 2 amide bonds. The second kappa shape index (κ2) is 10.5. The minimum atomic E-state index is -0.237. The third-order valence-electron chi connectivity index (χ3n) is 7.08. The number of fused-ring (bicyclic) bond motifs is 2. The average Bonchev–Trinajstić information content (AvgIpc) is 3.16. The molecular formula is C33H27N5O2. The Hall–Kier alpha value is -5.30. The summed E-state index contributed by atoms with van der Waals surface area (Å²) < 4.78 is 0. The molecular weight excluding hydrogens is 498 g/mol. The molecule has 0 spiro atoms. The first-order chi connectivity index (χ1) is 19.5. The van der Waals surface area contributed by atoms with Crippen molar-refractivity contribution >= 4 is 34.7 Å². The Morgan fingerprint density at radius 1 is 0.800 bits per heavy atom. The molecule has 0 bridgehead atoms. The van der Waals surface area contributed by atoms with Crippen molar-refractivity contribution in [1.29, 1.82) is 0 Å². The minimum Gasteiger partial charge on any atom is -0.338 e. The molecule has 3 heterocycles. The maximum absolute atomic E-state index is 14.0. The first-order valence-electron chi connectivity index (χ1n) is 13.0. The normalized spacial score (nSPS) is 12.0. The highest BCUT2D eigenvalue weighted by Gasteiger charge is 2.27. The molecule has 0 saturated heterocycles. The second-order valence-electron chi connectivity index (χ2n) is 9.74. The van der Waals surface area contributed by atoms with Crippen LogP contribution in [0.5, 0.6) is 0 Å². The summed E-state index contributed by atoms with van der Waals surface area (Å²) in [4.78, 5) is 38.1. The van der Waals surface area contributed by atoms with Gasteiger partial charge in [0.2, 0.25) is 0 Å². The van der Waals surface area contributed by atoms with E-state index in [1.165, 1.54) is 0 Å². The first-order valence-corrected chi connectivity index (χ1v) is 13.0. The number of pyridine rings is 2. The molecule has 0 saturated carbocycles. The molecule has 0 unspecified atom stereocenters. The molecule has 1 aliphatic rings. The number of rotatable bonds is 4. The maximum atomic E-state index is 14.0. The fourth-order valence-corrected chi connectivity index (χ4v) is 5.00. The summed E-state index contributed by atoms with van der Waals surface area (Å²) in [5.41, 5.74) is 7.33. The van der Waals surface area contributed by atoms with Gasteiger partial charge in [0.15, 0.2) is 0 Å². The van der Waals surface area contributed by atoms with E-state index in [4.69, 9.17) is 0 Å². The summed E-state index contributed by atoms with van der Waals surface area (Å²) in [5, 5.41) is 6.42. The zero-order valence-electron chi connectivity index (χ0n) is 22.2. The van der Waals surface area contributed by atoms with Gasteiger partial charge in [-0.15, -0.1) is 0 Å². The number of amides is 2. The number of nitrogens with one attached hydrogen (secondary N) is 2. The number of para-hydroxylation sites is 2. The smallest absolute Gasteiger partial charge is 0.258 e. The number of aryl methyl sites for hydroxylation is 2. The Morgan fingerprint density at radius 3 is 2.42 bits per heavy atom. The van der Waals surface area contributed by atoms with Crippen LogP contribution in [0.25, 0.3) is 11.3 Å². The molecule has 0 fully saturated rings. The van der Waals surface area contributed by atoms with E-state index in [2.05, 4.69) is 20.6 Å². The predicted molar refractivity (Wildman–Crippen MR) is 158 cm³/mol. The SMILES string of the molecule is Cc1cc(C(=O)N2Cc3cccnc3Nc3ccccc32)c(C)cc1NC(=O)c1ccccc1-c1ccccn1. The van der Waals surface area contributed by atoms with Crippen LogP contribution in [0.15, 0.2) is 103 Å². The summed E-state index contributed by atoms with van der Waals surface area (Å²) in [5.74, 6) is 0.381. The van der Waals surface area contributed by atoms with E-state index in [0.717, 1.165) is 45.1 Å². The molecule has 3 aromatic carbocycles. The van der Waals surface area contributed by atoms with Gasteiger partial charge in [-0.1, -0.05) is 42.5 Å². The van der Waals surface area contributed by atoms with Gasteiger partial charge in [0.25, 0.3) is 11.8 Å². The standard InChI is InChI=1S/C33H27N5O2/c1-21-19-29(37-32(39)25-12-4-3-11-24(25)27-13-7-8-16-34-27)22(2)18-26(21)33(40)38-20-23-10-9-17-35-31(23)36-28-14-5-6-15-30(28)38/h3-19H,20H2,1-2H3,(H,35,36)(H,37,39). The van der Waals surface area contributed by atoms with E-state index in [9.17, 15) is 9.59 Å². The number of benzene rings is 3. The Bertz CT molecular complexity index is 1750. The number of carbonyl (C=O) groups is 2. The molecule has 0 atom stereocenters. The Kier molecular flexibility index (Phi) is 6.54. The van der Waals surface area contributed by atoms with Crippen LogP contribution in [0.1, 0.15) is 37.4 Å². The molecule has 7 nitrogen and oxygen atoms in total. The van der Waals surface area contributed by atoms with Crippen LogP contribution in [-0.4, -0.2) is 21.8 Å². The lowest BCUT2D eigenvalue weighted by atomic mass is 10.0. The lowest BCUT2D eigenvalue weighted by Crippen LogP contribution is -2.30. The van der Waals surface area contributed by atoms with Gasteiger partial charge in [0.1, 0.15) is 5.82 Å². The third kappa shape index (κ3) is 4.69. The van der Waals surface area contributed by atoms with Crippen LogP contribution < -0.4 is 15.5 Å². The van der Waals surface area contributed by atoms with Crippen LogP contribution in [0.3, 0.4) is 0 Å². The van der Waals surface area contributed by atoms with E-state index in [0.29, 0.717) is 23.4 Å². The Balaban J connectivity index is 1.31. The monoisotopic (exact) mass is 525 g/mol. The summed E-state index contributed by atoms with van der Waals surface area (Å²) in [7, 11) is 0. The van der Waals surface area contributed by atoms with Crippen LogP contribution in [0.4, 0.5) is 22.9 Å². The number of nitrogens with zero attached hydrogens (tertiary/aromatic N) is 3. The Labute approximate surface area is 232 Å². The van der Waals surface area contributed by atoms with Gasteiger partial charge in [-0.2, -0.15) is 0 Å². The van der Waals surface area contributed by atoms with Crippen LogP contribution in [0.2, 0.25) is 0 Å². The van der Waals surface area contributed by atoms with Gasteiger partial charge in [-0.05, 0) is 73.5 Å². The fraction of sp³-hybridized carbons (Fsp3) is 0.0909. The highest BCUT2D eigenvalue weighted by Crippen LogP contribution is 2.36. The van der Waals surface area contributed by atoms with Crippen molar-refractivity contribution in [2.24, 2.45) is 0 Å². The van der Waals surface area contributed by atoms with Gasteiger partial charge in [-0.25, -0.2) is 4.98 Å². The van der Waals surface area contributed by atoms with Crippen LogP contribution >= 0.6 is 0 Å². The predicted octanol–water partition coefficient (Wildman–Crippen LogP) is 6.92. The molecule has 40 heavy (non-hydrogen) atoms. The molecule has 196 valence electrons. The number of carbonyl (C=O) groups excluding carboxylic acids is 2. The summed E-state index contributed by atoms with van der Waals surface area (Å²) in [6.45, 7) is 4.17. The van der Waals surface area contributed by atoms with Crippen molar-refractivity contribution in [1.82, 2.24) is 9.97 Å². The molecule has 0 aliphatic carbocycles. The summed E-state index contributed by atoms with van der Waals surface area (Å²) in [6.07, 6.45) is 3.45. The van der Waals surface area contributed by atoms with Crippen molar-refractivity contribution in [2.75, 3.05) is 15.5 Å².